The predicted molar refractivity (Wildman–Crippen MR) is 92.3 cm³/mol. The molecule has 3 rings (SSSR count). The van der Waals surface area contributed by atoms with Gasteiger partial charge in [-0.15, -0.1) is 0 Å². The molecule has 0 aromatic heterocycles. The molecule has 2 aliphatic heterocycles. The zero-order valence-corrected chi connectivity index (χ0v) is 14.2. The molecule has 1 fully saturated rings. The first-order chi connectivity index (χ1) is 12.0. The van der Waals surface area contributed by atoms with Crippen LogP contribution in [0.2, 0.25) is 0 Å². The Hall–Kier alpha value is -2.63. The summed E-state index contributed by atoms with van der Waals surface area (Å²) in [4.78, 5) is 39.3. The van der Waals surface area contributed by atoms with E-state index in [9.17, 15) is 19.5 Å². The van der Waals surface area contributed by atoms with Crippen molar-refractivity contribution in [1.29, 1.82) is 0 Å². The van der Waals surface area contributed by atoms with E-state index in [4.69, 9.17) is 0 Å². The summed E-state index contributed by atoms with van der Waals surface area (Å²) in [5, 5.41) is 9.39. The van der Waals surface area contributed by atoms with Crippen molar-refractivity contribution in [3.05, 3.63) is 41.6 Å². The second-order valence-corrected chi connectivity index (χ2v) is 6.53. The van der Waals surface area contributed by atoms with Crippen LogP contribution < -0.4 is 0 Å². The number of carbonyl (C=O) groups excluding carboxylic acids is 2. The molecule has 0 bridgehead atoms. The van der Waals surface area contributed by atoms with Crippen LogP contribution in [0.25, 0.3) is 6.08 Å². The molecule has 0 radical (unpaired) electrons. The molecule has 25 heavy (non-hydrogen) atoms. The number of fused-ring (bicyclic) bond motifs is 1. The summed E-state index contributed by atoms with van der Waals surface area (Å²) < 4.78 is 0. The Morgan fingerprint density at radius 1 is 1.20 bits per heavy atom. The van der Waals surface area contributed by atoms with Crippen LogP contribution in [0.15, 0.2) is 30.5 Å². The fourth-order valence-electron chi connectivity index (χ4n) is 3.68. The van der Waals surface area contributed by atoms with Crippen molar-refractivity contribution < 1.29 is 19.5 Å². The lowest BCUT2D eigenvalue weighted by Crippen LogP contribution is -2.49. The summed E-state index contributed by atoms with van der Waals surface area (Å²) in [6.45, 7) is 1.93. The van der Waals surface area contributed by atoms with Crippen LogP contribution in [0.4, 0.5) is 0 Å². The molecule has 2 atom stereocenters. The molecular formula is C19H22N2O4. The van der Waals surface area contributed by atoms with Gasteiger partial charge in [-0.05, 0) is 36.5 Å². The van der Waals surface area contributed by atoms with E-state index in [1.165, 1.54) is 11.8 Å². The molecule has 1 saturated heterocycles. The van der Waals surface area contributed by atoms with E-state index in [1.54, 1.807) is 11.1 Å². The fourth-order valence-corrected chi connectivity index (χ4v) is 3.68. The van der Waals surface area contributed by atoms with Gasteiger partial charge in [0.25, 0.3) is 0 Å². The van der Waals surface area contributed by atoms with Crippen LogP contribution in [0.3, 0.4) is 0 Å². The van der Waals surface area contributed by atoms with Crippen molar-refractivity contribution in [1.82, 2.24) is 9.80 Å². The Balaban J connectivity index is 1.86. The molecule has 2 amide bonds. The quantitative estimate of drug-likeness (QED) is 0.915. The van der Waals surface area contributed by atoms with Crippen molar-refractivity contribution >= 4 is 23.9 Å². The van der Waals surface area contributed by atoms with Crippen molar-refractivity contribution in [3.63, 3.8) is 0 Å². The van der Waals surface area contributed by atoms with Crippen LogP contribution in [0.5, 0.6) is 0 Å². The molecule has 132 valence electrons. The highest BCUT2D eigenvalue weighted by atomic mass is 16.4. The Bertz CT molecular complexity index is 728. The number of benzene rings is 1. The number of aliphatic carboxylic acids is 1. The van der Waals surface area contributed by atoms with Gasteiger partial charge in [0, 0.05) is 19.7 Å². The lowest BCUT2D eigenvalue weighted by molar-refractivity contribution is -0.152. The summed E-state index contributed by atoms with van der Waals surface area (Å²) in [7, 11) is 0. The minimum atomic E-state index is -0.958. The zero-order chi connectivity index (χ0) is 18.0. The van der Waals surface area contributed by atoms with E-state index >= 15 is 0 Å². The SMILES string of the molecule is CC(=O)N1C=Cc2ccccc2C1CC(=O)N1CCCC[C@@H]1C(=O)O. The Kier molecular flexibility index (Phi) is 4.88. The molecule has 6 nitrogen and oxygen atoms in total. The van der Waals surface area contributed by atoms with Gasteiger partial charge in [0.15, 0.2) is 0 Å². The van der Waals surface area contributed by atoms with Gasteiger partial charge in [0.2, 0.25) is 11.8 Å². The summed E-state index contributed by atoms with van der Waals surface area (Å²) in [5.74, 6) is -1.31. The predicted octanol–water partition coefficient (Wildman–Crippen LogP) is 2.42. The van der Waals surface area contributed by atoms with Crippen molar-refractivity contribution in [2.75, 3.05) is 6.54 Å². The van der Waals surface area contributed by atoms with Crippen LogP contribution in [0, 0.1) is 0 Å². The van der Waals surface area contributed by atoms with Crippen LogP contribution in [-0.4, -0.2) is 45.3 Å². The number of piperidine rings is 1. The lowest BCUT2D eigenvalue weighted by atomic mass is 9.92. The topological polar surface area (TPSA) is 77.9 Å². The van der Waals surface area contributed by atoms with Gasteiger partial charge >= 0.3 is 5.97 Å². The minimum Gasteiger partial charge on any atom is -0.480 e. The molecule has 1 N–H and O–H groups in total. The molecule has 2 aliphatic rings. The Labute approximate surface area is 146 Å². The largest absolute Gasteiger partial charge is 0.480 e. The van der Waals surface area contributed by atoms with E-state index in [2.05, 4.69) is 0 Å². The molecule has 1 unspecified atom stereocenters. The summed E-state index contributed by atoms with van der Waals surface area (Å²) in [6, 6.07) is 6.49. The zero-order valence-electron chi connectivity index (χ0n) is 14.2. The maximum Gasteiger partial charge on any atom is 0.326 e. The second-order valence-electron chi connectivity index (χ2n) is 6.53. The van der Waals surface area contributed by atoms with Crippen LogP contribution in [0.1, 0.15) is 49.8 Å². The second kappa shape index (κ2) is 7.09. The van der Waals surface area contributed by atoms with Gasteiger partial charge in [-0.25, -0.2) is 4.79 Å². The van der Waals surface area contributed by atoms with Gasteiger partial charge in [0.05, 0.1) is 12.5 Å². The van der Waals surface area contributed by atoms with Crippen LogP contribution in [-0.2, 0) is 14.4 Å². The van der Waals surface area contributed by atoms with E-state index in [1.807, 2.05) is 30.3 Å². The number of carboxylic acids is 1. The third-order valence-corrected chi connectivity index (χ3v) is 4.95. The van der Waals surface area contributed by atoms with Gasteiger partial charge in [-0.1, -0.05) is 24.3 Å². The van der Waals surface area contributed by atoms with Crippen molar-refractivity contribution in [3.8, 4) is 0 Å². The maximum atomic E-state index is 12.9. The maximum absolute atomic E-state index is 12.9. The normalized spacial score (nSPS) is 22.4. The Morgan fingerprint density at radius 3 is 2.68 bits per heavy atom. The van der Waals surface area contributed by atoms with Crippen molar-refractivity contribution in [2.45, 2.75) is 44.7 Å². The number of nitrogens with zero attached hydrogens (tertiary/aromatic N) is 2. The number of amides is 2. The molecule has 0 aliphatic carbocycles. The summed E-state index contributed by atoms with van der Waals surface area (Å²) in [6.07, 6.45) is 5.76. The lowest BCUT2D eigenvalue weighted by Gasteiger charge is -2.37. The first kappa shape index (κ1) is 17.2. The van der Waals surface area contributed by atoms with E-state index in [0.717, 1.165) is 24.0 Å². The summed E-state index contributed by atoms with van der Waals surface area (Å²) in [5.41, 5.74) is 1.89. The van der Waals surface area contributed by atoms with Gasteiger partial charge in [-0.3, -0.25) is 9.59 Å². The number of carbonyl (C=O) groups is 3. The average Bonchev–Trinajstić information content (AvgIpc) is 2.61. The highest BCUT2D eigenvalue weighted by Crippen LogP contribution is 2.34. The number of carboxylic acid groups (broad SMARTS) is 1. The molecular weight excluding hydrogens is 320 g/mol. The van der Waals surface area contributed by atoms with E-state index in [-0.39, 0.29) is 18.2 Å². The van der Waals surface area contributed by atoms with Crippen LogP contribution >= 0.6 is 0 Å². The monoisotopic (exact) mass is 342 g/mol. The number of hydrogen-bond donors (Lipinski definition) is 1. The van der Waals surface area contributed by atoms with Gasteiger partial charge in [-0.2, -0.15) is 0 Å². The molecule has 0 saturated carbocycles. The van der Waals surface area contributed by atoms with E-state index < -0.39 is 18.1 Å². The highest BCUT2D eigenvalue weighted by Gasteiger charge is 2.35. The highest BCUT2D eigenvalue weighted by molar-refractivity contribution is 5.85. The third kappa shape index (κ3) is 3.43. The molecule has 1 aromatic carbocycles. The first-order valence-electron chi connectivity index (χ1n) is 8.57. The van der Waals surface area contributed by atoms with Gasteiger partial charge in [0.1, 0.15) is 6.04 Å². The average molecular weight is 342 g/mol. The first-order valence-corrected chi connectivity index (χ1v) is 8.57. The molecule has 6 heteroatoms. The smallest absolute Gasteiger partial charge is 0.326 e. The molecule has 2 heterocycles. The van der Waals surface area contributed by atoms with E-state index in [0.29, 0.717) is 13.0 Å². The number of rotatable bonds is 3. The Morgan fingerprint density at radius 2 is 1.96 bits per heavy atom. The molecule has 0 spiro atoms. The number of likely N-dealkylation sites (tertiary alicyclic amines) is 1. The number of hydrogen-bond acceptors (Lipinski definition) is 3. The van der Waals surface area contributed by atoms with Crippen molar-refractivity contribution in [2.24, 2.45) is 0 Å². The van der Waals surface area contributed by atoms with Gasteiger partial charge < -0.3 is 14.9 Å². The molecule has 1 aromatic rings. The standard InChI is InChI=1S/C19H22N2O4/c1-13(22)20-11-9-14-6-2-3-7-15(14)17(20)12-18(23)21-10-5-4-8-16(21)19(24)25/h2-3,6-7,9,11,16-17H,4-5,8,10,12H2,1H3,(H,24,25)/t16-,17?/m1/s1. The fraction of sp³-hybridized carbons (Fsp3) is 0.421. The third-order valence-electron chi connectivity index (χ3n) is 4.95. The summed E-state index contributed by atoms with van der Waals surface area (Å²) >= 11 is 0. The minimum absolute atomic E-state index is 0.0880.